The van der Waals surface area contributed by atoms with Crippen molar-refractivity contribution in [3.8, 4) is 11.4 Å². The molecule has 0 spiro atoms. The Labute approximate surface area is 217 Å². The van der Waals surface area contributed by atoms with Crippen molar-refractivity contribution in [1.29, 1.82) is 0 Å². The van der Waals surface area contributed by atoms with Crippen LogP contribution in [0.1, 0.15) is 38.1 Å². The van der Waals surface area contributed by atoms with Gasteiger partial charge in [-0.2, -0.15) is 0 Å². The zero-order valence-electron chi connectivity index (χ0n) is 21.9. The molecule has 2 fully saturated rings. The summed E-state index contributed by atoms with van der Waals surface area (Å²) in [5.74, 6) is 2.68. The molecular weight excluding hydrogens is 466 g/mol. The average molecular weight is 502 g/mol. The fraction of sp³-hybridized carbons (Fsp3) is 0.483. The summed E-state index contributed by atoms with van der Waals surface area (Å²) in [6.07, 6.45) is 2.00. The van der Waals surface area contributed by atoms with Crippen molar-refractivity contribution in [3.05, 3.63) is 47.9 Å². The third kappa shape index (κ3) is 4.81. The molecule has 0 radical (unpaired) electrons. The summed E-state index contributed by atoms with van der Waals surface area (Å²) in [6, 6.07) is 12.2. The molecule has 0 unspecified atom stereocenters. The van der Waals surface area contributed by atoms with E-state index in [1.54, 1.807) is 0 Å². The van der Waals surface area contributed by atoms with Gasteiger partial charge in [-0.3, -0.25) is 4.90 Å². The van der Waals surface area contributed by atoms with Gasteiger partial charge in [0.1, 0.15) is 16.9 Å². The standard InChI is InChI=1S/C29H35N5O3/c1-19-25(22-6-4-5-7-24(22)37-19)27-31-23-9-8-21(18-33-12-10-20(11-13-33)29(2,3)35)30-26(23)28(32-27)34-14-16-36-17-15-34/h4-9,20,35H,10-18H2,1-3H3. The highest BCUT2D eigenvalue weighted by molar-refractivity contribution is 5.96. The molecule has 2 saturated heterocycles. The summed E-state index contributed by atoms with van der Waals surface area (Å²) in [5, 5.41) is 11.4. The van der Waals surface area contributed by atoms with Gasteiger partial charge in [-0.25, -0.2) is 15.0 Å². The van der Waals surface area contributed by atoms with Crippen LogP contribution in [0.3, 0.4) is 0 Å². The minimum atomic E-state index is -0.617. The highest BCUT2D eigenvalue weighted by Crippen LogP contribution is 2.35. The predicted molar refractivity (Wildman–Crippen MR) is 145 cm³/mol. The second-order valence-corrected chi connectivity index (χ2v) is 10.9. The monoisotopic (exact) mass is 501 g/mol. The van der Waals surface area contributed by atoms with Gasteiger partial charge in [0.05, 0.1) is 35.6 Å². The molecule has 4 aromatic rings. The Morgan fingerprint density at radius 1 is 0.973 bits per heavy atom. The third-order valence-electron chi connectivity index (χ3n) is 7.86. The molecule has 8 heteroatoms. The molecule has 37 heavy (non-hydrogen) atoms. The number of rotatable bonds is 5. The van der Waals surface area contributed by atoms with E-state index in [-0.39, 0.29) is 0 Å². The van der Waals surface area contributed by atoms with E-state index in [1.807, 2.05) is 39.0 Å². The molecule has 2 aliphatic heterocycles. The zero-order chi connectivity index (χ0) is 25.6. The first-order valence-electron chi connectivity index (χ1n) is 13.3. The highest BCUT2D eigenvalue weighted by atomic mass is 16.5. The smallest absolute Gasteiger partial charge is 0.166 e. The molecule has 5 heterocycles. The number of likely N-dealkylation sites (tertiary alicyclic amines) is 1. The van der Waals surface area contributed by atoms with E-state index in [0.717, 1.165) is 90.4 Å². The number of benzene rings is 1. The van der Waals surface area contributed by atoms with Gasteiger partial charge in [-0.1, -0.05) is 18.2 Å². The van der Waals surface area contributed by atoms with Crippen molar-refractivity contribution < 1.29 is 14.3 Å². The van der Waals surface area contributed by atoms with E-state index in [0.29, 0.717) is 25.0 Å². The van der Waals surface area contributed by atoms with Crippen LogP contribution in [0.15, 0.2) is 40.8 Å². The Morgan fingerprint density at radius 3 is 2.49 bits per heavy atom. The fourth-order valence-corrected chi connectivity index (χ4v) is 5.71. The van der Waals surface area contributed by atoms with Gasteiger partial charge in [0.15, 0.2) is 11.6 Å². The minimum absolute atomic E-state index is 0.343. The molecule has 1 N–H and O–H groups in total. The van der Waals surface area contributed by atoms with Gasteiger partial charge in [0.25, 0.3) is 0 Å². The molecular formula is C29H35N5O3. The van der Waals surface area contributed by atoms with Crippen molar-refractivity contribution in [2.75, 3.05) is 44.3 Å². The Bertz CT molecular complexity index is 1410. The Balaban J connectivity index is 1.36. The van der Waals surface area contributed by atoms with Crippen LogP contribution in [0.25, 0.3) is 33.4 Å². The first-order valence-corrected chi connectivity index (χ1v) is 13.3. The van der Waals surface area contributed by atoms with Crippen molar-refractivity contribution in [1.82, 2.24) is 19.9 Å². The summed E-state index contributed by atoms with van der Waals surface area (Å²) in [6.45, 7) is 11.4. The van der Waals surface area contributed by atoms with Crippen LogP contribution >= 0.6 is 0 Å². The quantitative estimate of drug-likeness (QED) is 0.426. The second kappa shape index (κ2) is 9.67. The molecule has 1 aromatic carbocycles. The van der Waals surface area contributed by atoms with Gasteiger partial charge in [0, 0.05) is 25.0 Å². The molecule has 3 aromatic heterocycles. The zero-order valence-corrected chi connectivity index (χ0v) is 21.9. The highest BCUT2D eigenvalue weighted by Gasteiger charge is 2.30. The number of hydrogen-bond donors (Lipinski definition) is 1. The lowest BCUT2D eigenvalue weighted by molar-refractivity contribution is -0.0137. The van der Waals surface area contributed by atoms with E-state index in [2.05, 4.69) is 28.0 Å². The number of nitrogens with zero attached hydrogens (tertiary/aromatic N) is 5. The largest absolute Gasteiger partial charge is 0.461 e. The minimum Gasteiger partial charge on any atom is -0.461 e. The lowest BCUT2D eigenvalue weighted by Gasteiger charge is -2.37. The van der Waals surface area contributed by atoms with Gasteiger partial charge < -0.3 is 19.2 Å². The maximum atomic E-state index is 10.4. The van der Waals surface area contributed by atoms with Crippen LogP contribution in [-0.2, 0) is 11.3 Å². The lowest BCUT2D eigenvalue weighted by atomic mass is 9.83. The van der Waals surface area contributed by atoms with Gasteiger partial charge in [-0.05, 0) is 70.8 Å². The molecule has 0 atom stereocenters. The number of anilines is 1. The number of aliphatic hydroxyl groups is 1. The van der Waals surface area contributed by atoms with Gasteiger partial charge in [0.2, 0.25) is 0 Å². The molecule has 0 aliphatic carbocycles. The number of morpholine rings is 1. The number of aryl methyl sites for hydroxylation is 1. The van der Waals surface area contributed by atoms with Crippen molar-refractivity contribution in [2.24, 2.45) is 5.92 Å². The van der Waals surface area contributed by atoms with Gasteiger partial charge >= 0.3 is 0 Å². The molecule has 6 rings (SSSR count). The number of para-hydroxylation sites is 1. The summed E-state index contributed by atoms with van der Waals surface area (Å²) in [7, 11) is 0. The van der Waals surface area contributed by atoms with E-state index < -0.39 is 5.60 Å². The summed E-state index contributed by atoms with van der Waals surface area (Å²) >= 11 is 0. The molecule has 0 bridgehead atoms. The molecule has 0 amide bonds. The Kier molecular flexibility index (Phi) is 6.34. The van der Waals surface area contributed by atoms with Crippen LogP contribution in [0.5, 0.6) is 0 Å². The number of ether oxygens (including phenoxy) is 1. The Hall–Kier alpha value is -3.07. The van der Waals surface area contributed by atoms with E-state index in [1.165, 1.54) is 0 Å². The number of piperidine rings is 1. The predicted octanol–water partition coefficient (Wildman–Crippen LogP) is 4.57. The molecule has 0 saturated carbocycles. The molecule has 2 aliphatic rings. The Morgan fingerprint density at radius 2 is 1.73 bits per heavy atom. The first-order chi connectivity index (χ1) is 17.9. The number of fused-ring (bicyclic) bond motifs is 2. The SMILES string of the molecule is Cc1oc2ccccc2c1-c1nc(N2CCOCC2)c2nc(CN3CCC(C(C)(C)O)CC3)ccc2n1. The summed E-state index contributed by atoms with van der Waals surface area (Å²) in [4.78, 5) is 19.9. The molecule has 8 nitrogen and oxygen atoms in total. The topological polar surface area (TPSA) is 87.8 Å². The van der Waals surface area contributed by atoms with Crippen LogP contribution in [0, 0.1) is 12.8 Å². The van der Waals surface area contributed by atoms with Crippen molar-refractivity contribution >= 4 is 27.8 Å². The van der Waals surface area contributed by atoms with Crippen LogP contribution in [0.4, 0.5) is 5.82 Å². The number of hydrogen-bond acceptors (Lipinski definition) is 8. The van der Waals surface area contributed by atoms with Crippen molar-refractivity contribution in [2.45, 2.75) is 45.8 Å². The first kappa shape index (κ1) is 24.3. The maximum Gasteiger partial charge on any atom is 0.166 e. The number of aromatic nitrogens is 3. The van der Waals surface area contributed by atoms with Crippen LogP contribution < -0.4 is 4.90 Å². The van der Waals surface area contributed by atoms with E-state index in [9.17, 15) is 5.11 Å². The fourth-order valence-electron chi connectivity index (χ4n) is 5.71. The van der Waals surface area contributed by atoms with E-state index >= 15 is 0 Å². The third-order valence-corrected chi connectivity index (χ3v) is 7.86. The summed E-state index contributed by atoms with van der Waals surface area (Å²) < 4.78 is 11.7. The van der Waals surface area contributed by atoms with Gasteiger partial charge in [-0.15, -0.1) is 0 Å². The van der Waals surface area contributed by atoms with Crippen LogP contribution in [0.2, 0.25) is 0 Å². The van der Waals surface area contributed by atoms with E-state index in [4.69, 9.17) is 24.1 Å². The van der Waals surface area contributed by atoms with Crippen molar-refractivity contribution in [3.63, 3.8) is 0 Å². The van der Waals surface area contributed by atoms with Crippen LogP contribution in [-0.4, -0.2) is 70.0 Å². The lowest BCUT2D eigenvalue weighted by Crippen LogP contribution is -2.41. The maximum absolute atomic E-state index is 10.4. The average Bonchev–Trinajstić information content (AvgIpc) is 3.24. The molecule has 194 valence electrons. The normalized spacial score (nSPS) is 18.2. The second-order valence-electron chi connectivity index (χ2n) is 10.9. The number of pyridine rings is 1. The summed E-state index contributed by atoms with van der Waals surface area (Å²) in [5.41, 5.74) is 3.85. The number of furan rings is 1.